The first-order chi connectivity index (χ1) is 10.6. The van der Waals surface area contributed by atoms with Crippen molar-refractivity contribution in [1.29, 1.82) is 0 Å². The lowest BCUT2D eigenvalue weighted by atomic mass is 10.0. The van der Waals surface area contributed by atoms with Crippen molar-refractivity contribution in [1.82, 2.24) is 5.43 Å². The van der Waals surface area contributed by atoms with Crippen LogP contribution in [0.3, 0.4) is 0 Å². The first-order valence-corrected chi connectivity index (χ1v) is 6.85. The summed E-state index contributed by atoms with van der Waals surface area (Å²) in [6.07, 6.45) is 7.05. The van der Waals surface area contributed by atoms with Crippen LogP contribution in [0.2, 0.25) is 0 Å². The smallest absolute Gasteiger partial charge is 0.221 e. The van der Waals surface area contributed by atoms with E-state index < -0.39 is 0 Å². The predicted octanol–water partition coefficient (Wildman–Crippen LogP) is 1.93. The molecular weight excluding hydrogens is 280 g/mol. The van der Waals surface area contributed by atoms with Crippen LogP contribution in [0.1, 0.15) is 23.8 Å². The Morgan fingerprint density at radius 1 is 1.27 bits per heavy atom. The van der Waals surface area contributed by atoms with E-state index in [0.29, 0.717) is 6.41 Å². The summed E-state index contributed by atoms with van der Waals surface area (Å²) >= 11 is 0. The first kappa shape index (κ1) is 17.5. The highest BCUT2D eigenvalue weighted by Crippen LogP contribution is 2.24. The molecule has 0 aliphatic rings. The second-order valence-electron chi connectivity index (χ2n) is 4.45. The topological polar surface area (TPSA) is 97.5 Å². The van der Waals surface area contributed by atoms with Crippen molar-refractivity contribution in [2.24, 2.45) is 11.7 Å². The van der Waals surface area contributed by atoms with Crippen molar-refractivity contribution in [3.8, 4) is 0 Å². The fraction of sp³-hybridized carbons (Fsp3) is 0.188. The standard InChI is InChI=1S/C15H18N2O.CH4N2O/c1-3-12-6-4-8-15(17(2)16)14(12)10-9-13-7-5-11-18-13;2-3-1-4/h4-11H,3,16H2,1-2H3;1H,2H2,(H,3,4)/b10-9+;. The van der Waals surface area contributed by atoms with Gasteiger partial charge in [-0.2, -0.15) is 0 Å². The highest BCUT2D eigenvalue weighted by atomic mass is 16.3. The van der Waals surface area contributed by atoms with Crippen LogP contribution in [0, 0.1) is 0 Å². The van der Waals surface area contributed by atoms with Crippen LogP contribution >= 0.6 is 0 Å². The lowest BCUT2D eigenvalue weighted by molar-refractivity contribution is -0.109. The molecule has 2 rings (SSSR count). The molecule has 1 aromatic heterocycles. The van der Waals surface area contributed by atoms with Gasteiger partial charge < -0.3 is 9.43 Å². The van der Waals surface area contributed by atoms with Crippen molar-refractivity contribution < 1.29 is 9.21 Å². The zero-order valence-electron chi connectivity index (χ0n) is 12.8. The van der Waals surface area contributed by atoms with Crippen molar-refractivity contribution in [3.05, 3.63) is 53.5 Å². The summed E-state index contributed by atoms with van der Waals surface area (Å²) < 4.78 is 5.30. The number of nitrogens with one attached hydrogen (secondary N) is 1. The third-order valence-electron chi connectivity index (χ3n) is 2.96. The van der Waals surface area contributed by atoms with Gasteiger partial charge in [-0.3, -0.25) is 10.2 Å². The van der Waals surface area contributed by atoms with Gasteiger partial charge in [-0.05, 0) is 42.3 Å². The van der Waals surface area contributed by atoms with E-state index in [1.165, 1.54) is 5.56 Å². The number of rotatable bonds is 5. The van der Waals surface area contributed by atoms with Crippen LogP contribution in [0.15, 0.2) is 41.0 Å². The number of carbonyl (C=O) groups is 1. The average molecular weight is 302 g/mol. The predicted molar refractivity (Wildman–Crippen MR) is 89.4 cm³/mol. The molecule has 22 heavy (non-hydrogen) atoms. The van der Waals surface area contributed by atoms with E-state index in [0.717, 1.165) is 23.4 Å². The molecule has 6 heteroatoms. The molecule has 1 heterocycles. The summed E-state index contributed by atoms with van der Waals surface area (Å²) in [5.74, 6) is 11.1. The van der Waals surface area contributed by atoms with Gasteiger partial charge in [0.1, 0.15) is 5.76 Å². The van der Waals surface area contributed by atoms with Gasteiger partial charge in [0.15, 0.2) is 0 Å². The van der Waals surface area contributed by atoms with Crippen LogP contribution in [0.4, 0.5) is 5.69 Å². The molecule has 0 aliphatic heterocycles. The second-order valence-corrected chi connectivity index (χ2v) is 4.45. The molecule has 0 aliphatic carbocycles. The Kier molecular flexibility index (Phi) is 7.45. The quantitative estimate of drug-likeness (QED) is 0.339. The molecule has 1 aromatic carbocycles. The van der Waals surface area contributed by atoms with Gasteiger partial charge in [0.2, 0.25) is 6.41 Å². The van der Waals surface area contributed by atoms with Crippen LogP contribution in [0.5, 0.6) is 0 Å². The number of furan rings is 1. The van der Waals surface area contributed by atoms with E-state index in [1.54, 1.807) is 16.7 Å². The molecule has 0 unspecified atom stereocenters. The maximum atomic E-state index is 8.94. The number of benzene rings is 1. The summed E-state index contributed by atoms with van der Waals surface area (Å²) in [7, 11) is 1.85. The Bertz CT molecular complexity index is 592. The minimum Gasteiger partial charge on any atom is -0.465 e. The van der Waals surface area contributed by atoms with E-state index >= 15 is 0 Å². The number of aryl methyl sites for hydroxylation is 1. The molecule has 2 aromatic rings. The molecule has 1 amide bonds. The van der Waals surface area contributed by atoms with Crippen molar-refractivity contribution >= 4 is 24.2 Å². The number of nitrogens with zero attached hydrogens (tertiary/aromatic N) is 1. The number of hydrogen-bond acceptors (Lipinski definition) is 5. The van der Waals surface area contributed by atoms with Crippen molar-refractivity contribution in [2.45, 2.75) is 13.3 Å². The van der Waals surface area contributed by atoms with Crippen LogP contribution in [0.25, 0.3) is 12.2 Å². The minimum absolute atomic E-state index is 0.403. The average Bonchev–Trinajstić information content (AvgIpc) is 3.06. The number of amides is 1. The monoisotopic (exact) mass is 302 g/mol. The van der Waals surface area contributed by atoms with Crippen molar-refractivity contribution in [2.75, 3.05) is 12.1 Å². The zero-order chi connectivity index (χ0) is 16.4. The highest BCUT2D eigenvalue weighted by molar-refractivity contribution is 5.77. The highest BCUT2D eigenvalue weighted by Gasteiger charge is 2.06. The Balaban J connectivity index is 0.000000541. The van der Waals surface area contributed by atoms with E-state index in [2.05, 4.69) is 24.9 Å². The van der Waals surface area contributed by atoms with E-state index in [1.807, 2.05) is 37.4 Å². The molecule has 0 saturated heterocycles. The SMILES string of the molecule is CCc1cccc(N(C)N)c1/C=C/c1ccco1.NNC=O. The van der Waals surface area contributed by atoms with Gasteiger partial charge in [0.05, 0.1) is 12.0 Å². The lowest BCUT2D eigenvalue weighted by Crippen LogP contribution is -2.26. The van der Waals surface area contributed by atoms with E-state index in [4.69, 9.17) is 15.1 Å². The van der Waals surface area contributed by atoms with Crippen LogP contribution in [-0.2, 0) is 11.2 Å². The number of hydrazine groups is 2. The normalized spacial score (nSPS) is 10.0. The Morgan fingerprint density at radius 2 is 2.00 bits per heavy atom. The molecule has 0 spiro atoms. The molecule has 5 N–H and O–H groups in total. The second kappa shape index (κ2) is 9.38. The fourth-order valence-corrected chi connectivity index (χ4v) is 1.96. The Labute approximate surface area is 130 Å². The van der Waals surface area contributed by atoms with Crippen molar-refractivity contribution in [3.63, 3.8) is 0 Å². The molecule has 0 saturated carbocycles. The largest absolute Gasteiger partial charge is 0.465 e. The van der Waals surface area contributed by atoms with Gasteiger partial charge in [-0.1, -0.05) is 19.1 Å². The van der Waals surface area contributed by atoms with Gasteiger partial charge in [0.25, 0.3) is 0 Å². The molecule has 0 radical (unpaired) electrons. The molecule has 0 bridgehead atoms. The number of anilines is 1. The summed E-state index contributed by atoms with van der Waals surface area (Å²) in [6, 6.07) is 9.97. The summed E-state index contributed by atoms with van der Waals surface area (Å²) in [5, 5.41) is 1.64. The third-order valence-corrected chi connectivity index (χ3v) is 2.96. The van der Waals surface area contributed by atoms with Gasteiger partial charge in [0, 0.05) is 12.6 Å². The molecule has 0 atom stereocenters. The molecule has 6 nitrogen and oxygen atoms in total. The first-order valence-electron chi connectivity index (χ1n) is 6.85. The minimum atomic E-state index is 0.403. The molecule has 0 fully saturated rings. The summed E-state index contributed by atoms with van der Waals surface area (Å²) in [6.45, 7) is 2.14. The maximum Gasteiger partial charge on any atom is 0.221 e. The van der Waals surface area contributed by atoms with Crippen LogP contribution in [-0.4, -0.2) is 13.5 Å². The maximum absolute atomic E-state index is 8.94. The van der Waals surface area contributed by atoms with Crippen LogP contribution < -0.4 is 22.1 Å². The Hall–Kier alpha value is -2.57. The number of nitrogens with two attached hydrogens (primary N) is 2. The summed E-state index contributed by atoms with van der Waals surface area (Å²) in [4.78, 5) is 8.94. The van der Waals surface area contributed by atoms with Gasteiger partial charge in [-0.25, -0.2) is 11.7 Å². The van der Waals surface area contributed by atoms with Gasteiger partial charge in [-0.15, -0.1) is 0 Å². The van der Waals surface area contributed by atoms with E-state index in [-0.39, 0.29) is 0 Å². The lowest BCUT2D eigenvalue weighted by Gasteiger charge is -2.17. The van der Waals surface area contributed by atoms with Gasteiger partial charge >= 0.3 is 0 Å². The fourth-order valence-electron chi connectivity index (χ4n) is 1.96. The Morgan fingerprint density at radius 3 is 2.50 bits per heavy atom. The third kappa shape index (κ3) is 5.08. The number of hydrogen-bond donors (Lipinski definition) is 3. The zero-order valence-corrected chi connectivity index (χ0v) is 12.8. The molecule has 118 valence electrons. The molecular formula is C16H22N4O2. The number of carbonyl (C=O) groups excluding carboxylic acids is 1. The summed E-state index contributed by atoms with van der Waals surface area (Å²) in [5.41, 5.74) is 5.17. The van der Waals surface area contributed by atoms with E-state index in [9.17, 15) is 0 Å².